The van der Waals surface area contributed by atoms with Gasteiger partial charge in [0.15, 0.2) is 0 Å². The molecule has 0 spiro atoms. The smallest absolute Gasteiger partial charge is 0.291 e. The summed E-state index contributed by atoms with van der Waals surface area (Å²) < 4.78 is 0. The zero-order valence-electron chi connectivity index (χ0n) is 22.5. The predicted octanol–water partition coefficient (Wildman–Crippen LogP) is 1.02. The Hall–Kier alpha value is -3.73. The third-order valence-electron chi connectivity index (χ3n) is 7.90. The molecule has 38 heavy (non-hydrogen) atoms. The summed E-state index contributed by atoms with van der Waals surface area (Å²) in [5.74, 6) is 1.31. The molecule has 11 heteroatoms. The number of likely N-dealkylation sites (N-methyl/N-ethyl adjacent to an activating group) is 1. The summed E-state index contributed by atoms with van der Waals surface area (Å²) in [5, 5.41) is 0. The molecular weight excluding hydrogens is 482 g/mol. The third-order valence-corrected chi connectivity index (χ3v) is 7.90. The molecule has 0 bridgehead atoms. The van der Waals surface area contributed by atoms with E-state index in [1.807, 2.05) is 28.9 Å². The first-order chi connectivity index (χ1) is 18.3. The monoisotopic (exact) mass is 519 g/mol. The normalized spacial score (nSPS) is 22.3. The van der Waals surface area contributed by atoms with Gasteiger partial charge < -0.3 is 30.2 Å². The Morgan fingerprint density at radius 3 is 2.55 bits per heavy atom. The first-order valence-corrected chi connectivity index (χ1v) is 13.3. The maximum absolute atomic E-state index is 13.6. The predicted molar refractivity (Wildman–Crippen MR) is 147 cm³/mol. The summed E-state index contributed by atoms with van der Waals surface area (Å²) >= 11 is 0. The topological polar surface area (TPSA) is 115 Å². The average molecular weight is 520 g/mol. The maximum Gasteiger partial charge on any atom is 0.291 e. The fraction of sp³-hybridized carbons (Fsp3) is 0.519. The Labute approximate surface area is 223 Å². The van der Waals surface area contributed by atoms with Gasteiger partial charge in [-0.25, -0.2) is 15.0 Å². The molecule has 5 heterocycles. The molecule has 2 atom stereocenters. The highest BCUT2D eigenvalue weighted by atomic mass is 16.2. The van der Waals surface area contributed by atoms with Crippen molar-refractivity contribution in [2.24, 2.45) is 0 Å². The van der Waals surface area contributed by atoms with E-state index in [0.717, 1.165) is 48.8 Å². The Balaban J connectivity index is 1.51. The molecule has 2 fully saturated rings. The number of hydrogen-bond donors (Lipinski definition) is 1. The molecule has 2 N–H and O–H groups in total. The van der Waals surface area contributed by atoms with E-state index in [2.05, 4.69) is 40.2 Å². The highest BCUT2D eigenvalue weighted by molar-refractivity contribution is 5.91. The summed E-state index contributed by atoms with van der Waals surface area (Å²) in [5.41, 5.74) is 8.95. The number of rotatable bonds is 4. The maximum atomic E-state index is 13.6. The van der Waals surface area contributed by atoms with Gasteiger partial charge in [0.1, 0.15) is 11.6 Å². The van der Waals surface area contributed by atoms with E-state index < -0.39 is 0 Å². The summed E-state index contributed by atoms with van der Waals surface area (Å²) in [7, 11) is 2.06. The first-order valence-electron chi connectivity index (χ1n) is 13.3. The molecule has 0 radical (unpaired) electrons. The molecule has 11 nitrogen and oxygen atoms in total. The standard InChI is InChI=1S/C27H37N9O2/c1-5-23(37)35-15-19(3)36(16-18(35)2)26-20-8-10-34(22-7-6-9-29-24(22)28)17-21(20)30-25(31-26)27(38)33-13-11-32(4)12-14-33/h5-7,9,18-19H,1,8,10-17H2,2-4H3,(H2,28,29)/t18-,19+/m1/s1. The van der Waals surface area contributed by atoms with Crippen LogP contribution in [-0.2, 0) is 17.8 Å². The van der Waals surface area contributed by atoms with E-state index in [9.17, 15) is 9.59 Å². The second-order valence-corrected chi connectivity index (χ2v) is 10.5. The number of pyridine rings is 1. The van der Waals surface area contributed by atoms with Crippen molar-refractivity contribution in [1.29, 1.82) is 0 Å². The lowest BCUT2D eigenvalue weighted by atomic mass is 10.0. The Bertz CT molecular complexity index is 1230. The van der Waals surface area contributed by atoms with Crippen LogP contribution in [-0.4, -0.2) is 106 Å². The molecule has 0 aromatic carbocycles. The van der Waals surface area contributed by atoms with Crippen LogP contribution in [0.5, 0.6) is 0 Å². The van der Waals surface area contributed by atoms with Crippen molar-refractivity contribution in [2.45, 2.75) is 38.9 Å². The van der Waals surface area contributed by atoms with Crippen molar-refractivity contribution >= 4 is 29.1 Å². The Morgan fingerprint density at radius 1 is 1.08 bits per heavy atom. The van der Waals surface area contributed by atoms with Crippen LogP contribution in [0, 0.1) is 0 Å². The molecule has 0 saturated carbocycles. The molecule has 202 valence electrons. The number of amides is 2. The third kappa shape index (κ3) is 4.90. The molecule has 2 amide bonds. The number of nitrogens with two attached hydrogens (primary N) is 1. The van der Waals surface area contributed by atoms with Gasteiger partial charge in [-0.05, 0) is 45.5 Å². The van der Waals surface area contributed by atoms with Gasteiger partial charge in [-0.15, -0.1) is 0 Å². The lowest BCUT2D eigenvalue weighted by molar-refractivity contribution is -0.128. The van der Waals surface area contributed by atoms with E-state index >= 15 is 0 Å². The number of anilines is 3. The number of nitrogens with zero attached hydrogens (tertiary/aromatic N) is 8. The summed E-state index contributed by atoms with van der Waals surface area (Å²) in [6, 6.07) is 3.84. The van der Waals surface area contributed by atoms with Gasteiger partial charge in [0, 0.05) is 69.7 Å². The van der Waals surface area contributed by atoms with Gasteiger partial charge in [0.2, 0.25) is 11.7 Å². The second kappa shape index (κ2) is 10.6. The number of aromatic nitrogens is 3. The van der Waals surface area contributed by atoms with Crippen LogP contribution < -0.4 is 15.5 Å². The van der Waals surface area contributed by atoms with Crippen LogP contribution in [0.25, 0.3) is 0 Å². The number of piperazine rings is 2. The molecule has 0 aliphatic carbocycles. The van der Waals surface area contributed by atoms with E-state index in [1.54, 1.807) is 6.20 Å². The van der Waals surface area contributed by atoms with Crippen molar-refractivity contribution in [3.05, 3.63) is 48.1 Å². The lowest BCUT2D eigenvalue weighted by Crippen LogP contribution is -2.58. The van der Waals surface area contributed by atoms with Crippen LogP contribution in [0.15, 0.2) is 31.0 Å². The highest BCUT2D eigenvalue weighted by Crippen LogP contribution is 2.33. The van der Waals surface area contributed by atoms with Gasteiger partial charge in [-0.3, -0.25) is 9.59 Å². The quantitative estimate of drug-likeness (QED) is 0.591. The molecule has 5 rings (SSSR count). The van der Waals surface area contributed by atoms with Gasteiger partial charge in [-0.1, -0.05) is 6.58 Å². The van der Waals surface area contributed by atoms with Gasteiger partial charge in [-0.2, -0.15) is 0 Å². The molecule has 3 aliphatic heterocycles. The summed E-state index contributed by atoms with van der Waals surface area (Å²) in [6.45, 7) is 13.2. The second-order valence-electron chi connectivity index (χ2n) is 10.5. The van der Waals surface area contributed by atoms with Crippen LogP contribution in [0.4, 0.5) is 17.3 Å². The van der Waals surface area contributed by atoms with Crippen molar-refractivity contribution in [3.63, 3.8) is 0 Å². The number of carbonyl (C=O) groups is 2. The molecule has 0 unspecified atom stereocenters. The molecular formula is C27H37N9O2. The first kappa shape index (κ1) is 25.9. The number of carbonyl (C=O) groups excluding carboxylic acids is 2. The molecule has 3 aliphatic rings. The highest BCUT2D eigenvalue weighted by Gasteiger charge is 2.36. The fourth-order valence-corrected chi connectivity index (χ4v) is 5.62. The largest absolute Gasteiger partial charge is 0.382 e. The SMILES string of the molecule is C=CC(=O)N1C[C@H](C)N(c2nc(C(=O)N3CCN(C)CC3)nc3c2CCN(c2cccnc2N)C3)C[C@H]1C. The average Bonchev–Trinajstić information content (AvgIpc) is 2.93. The Kier molecular flexibility index (Phi) is 7.20. The van der Waals surface area contributed by atoms with E-state index in [4.69, 9.17) is 15.7 Å². The van der Waals surface area contributed by atoms with E-state index in [-0.39, 0.29) is 29.7 Å². The molecule has 2 saturated heterocycles. The van der Waals surface area contributed by atoms with Crippen LogP contribution in [0.2, 0.25) is 0 Å². The minimum absolute atomic E-state index is 0.0191. The number of hydrogen-bond acceptors (Lipinski definition) is 9. The van der Waals surface area contributed by atoms with Gasteiger partial charge >= 0.3 is 0 Å². The summed E-state index contributed by atoms with van der Waals surface area (Å²) in [6.07, 6.45) is 3.77. The fourth-order valence-electron chi connectivity index (χ4n) is 5.62. The van der Waals surface area contributed by atoms with Gasteiger partial charge in [0.25, 0.3) is 5.91 Å². The zero-order chi connectivity index (χ0) is 27.0. The van der Waals surface area contributed by atoms with Crippen molar-refractivity contribution in [1.82, 2.24) is 29.7 Å². The number of fused-ring (bicyclic) bond motifs is 1. The number of nitrogen functional groups attached to an aromatic ring is 1. The minimum Gasteiger partial charge on any atom is -0.382 e. The molecule has 2 aromatic heterocycles. The Morgan fingerprint density at radius 2 is 1.84 bits per heavy atom. The van der Waals surface area contributed by atoms with E-state index in [0.29, 0.717) is 38.5 Å². The van der Waals surface area contributed by atoms with Crippen molar-refractivity contribution in [3.8, 4) is 0 Å². The molecule has 2 aromatic rings. The van der Waals surface area contributed by atoms with Crippen molar-refractivity contribution < 1.29 is 9.59 Å². The van der Waals surface area contributed by atoms with Crippen LogP contribution in [0.1, 0.15) is 35.7 Å². The van der Waals surface area contributed by atoms with Crippen molar-refractivity contribution in [2.75, 3.05) is 68.4 Å². The van der Waals surface area contributed by atoms with Crippen LogP contribution >= 0.6 is 0 Å². The van der Waals surface area contributed by atoms with Crippen LogP contribution in [0.3, 0.4) is 0 Å². The summed E-state index contributed by atoms with van der Waals surface area (Å²) in [4.78, 5) is 50.4. The van der Waals surface area contributed by atoms with E-state index in [1.165, 1.54) is 6.08 Å². The lowest BCUT2D eigenvalue weighted by Gasteiger charge is -2.45. The minimum atomic E-state index is -0.138. The van der Waals surface area contributed by atoms with Gasteiger partial charge in [0.05, 0.1) is 17.9 Å². The zero-order valence-corrected chi connectivity index (χ0v) is 22.5.